The van der Waals surface area contributed by atoms with E-state index in [-0.39, 0.29) is 11.5 Å². The Morgan fingerprint density at radius 1 is 0.852 bits per heavy atom. The smallest absolute Gasteiger partial charge is 0.323 e. The van der Waals surface area contributed by atoms with Gasteiger partial charge in [-0.15, -0.1) is 0 Å². The molecule has 6 heteroatoms. The first-order chi connectivity index (χ1) is 13.1. The number of anilines is 2. The van der Waals surface area contributed by atoms with E-state index in [0.29, 0.717) is 5.69 Å². The van der Waals surface area contributed by atoms with Crippen molar-refractivity contribution in [1.82, 2.24) is 4.98 Å². The first-order valence-electron chi connectivity index (χ1n) is 8.30. The number of aromatic nitrogens is 1. The van der Waals surface area contributed by atoms with E-state index in [1.165, 1.54) is 24.3 Å². The number of halogens is 2. The van der Waals surface area contributed by atoms with Gasteiger partial charge in [0.1, 0.15) is 11.6 Å². The lowest BCUT2D eigenvalue weighted by atomic mass is 10.1. The van der Waals surface area contributed by atoms with Crippen LogP contribution in [0, 0.1) is 11.6 Å². The summed E-state index contributed by atoms with van der Waals surface area (Å²) in [6, 6.07) is 19.0. The Hall–Kier alpha value is -3.67. The molecule has 4 nitrogen and oxygen atoms in total. The monoisotopic (exact) mass is 363 g/mol. The summed E-state index contributed by atoms with van der Waals surface area (Å²) >= 11 is 0. The molecule has 0 radical (unpaired) electrons. The third kappa shape index (κ3) is 3.64. The number of carbonyl (C=O) groups excluding carboxylic acids is 1. The average Bonchev–Trinajstić information content (AvgIpc) is 3.07. The van der Waals surface area contributed by atoms with Crippen molar-refractivity contribution in [3.05, 3.63) is 84.4 Å². The van der Waals surface area contributed by atoms with Crippen molar-refractivity contribution in [1.29, 1.82) is 0 Å². The molecule has 0 unspecified atom stereocenters. The predicted octanol–water partition coefficient (Wildman–Crippen LogP) is 5.76. The van der Waals surface area contributed by atoms with Gasteiger partial charge in [0.15, 0.2) is 0 Å². The molecule has 4 aromatic rings. The number of urea groups is 1. The number of rotatable bonds is 3. The van der Waals surface area contributed by atoms with Gasteiger partial charge in [0.05, 0.1) is 5.69 Å². The number of benzene rings is 3. The second-order valence-corrected chi connectivity index (χ2v) is 6.05. The zero-order chi connectivity index (χ0) is 18.8. The summed E-state index contributed by atoms with van der Waals surface area (Å²) in [5.74, 6) is -0.785. The quantitative estimate of drug-likeness (QED) is 0.426. The number of amides is 2. The first-order valence-corrected chi connectivity index (χ1v) is 8.30. The van der Waals surface area contributed by atoms with Crippen molar-refractivity contribution in [2.75, 3.05) is 10.6 Å². The third-order valence-corrected chi connectivity index (χ3v) is 4.16. The molecule has 4 rings (SSSR count). The summed E-state index contributed by atoms with van der Waals surface area (Å²) in [5, 5.41) is 5.90. The van der Waals surface area contributed by atoms with E-state index in [1.54, 1.807) is 30.3 Å². The molecule has 3 aromatic carbocycles. The molecule has 0 aliphatic heterocycles. The van der Waals surface area contributed by atoms with Crippen LogP contribution in [0.15, 0.2) is 72.8 Å². The van der Waals surface area contributed by atoms with Crippen LogP contribution in [0.2, 0.25) is 0 Å². The number of carbonyl (C=O) groups is 1. The molecule has 1 heterocycles. The van der Waals surface area contributed by atoms with Crippen LogP contribution in [0.25, 0.3) is 22.2 Å². The van der Waals surface area contributed by atoms with Crippen molar-refractivity contribution in [2.45, 2.75) is 0 Å². The zero-order valence-electron chi connectivity index (χ0n) is 14.1. The minimum Gasteiger partial charge on any atom is -0.355 e. The molecule has 1 aromatic heterocycles. The van der Waals surface area contributed by atoms with Gasteiger partial charge in [-0.05, 0) is 54.1 Å². The molecule has 134 valence electrons. The molecule has 0 aliphatic carbocycles. The molecule has 0 aliphatic rings. The lowest BCUT2D eigenvalue weighted by Gasteiger charge is -2.08. The third-order valence-electron chi connectivity index (χ3n) is 4.16. The SMILES string of the molecule is O=C(Nc1ccc(-c2cc3cc(F)ccc3[nH]2)cc1)Nc1ccccc1F. The van der Waals surface area contributed by atoms with Crippen LogP contribution in [0.3, 0.4) is 0 Å². The van der Waals surface area contributed by atoms with Gasteiger partial charge in [-0.1, -0.05) is 24.3 Å². The van der Waals surface area contributed by atoms with Crippen LogP contribution in [0.5, 0.6) is 0 Å². The number of fused-ring (bicyclic) bond motifs is 1. The number of hydrogen-bond acceptors (Lipinski definition) is 1. The van der Waals surface area contributed by atoms with E-state index in [9.17, 15) is 13.6 Å². The van der Waals surface area contributed by atoms with Crippen LogP contribution in [-0.2, 0) is 0 Å². The Balaban J connectivity index is 1.48. The van der Waals surface area contributed by atoms with E-state index in [0.717, 1.165) is 22.2 Å². The fourth-order valence-electron chi connectivity index (χ4n) is 2.84. The summed E-state index contributed by atoms with van der Waals surface area (Å²) < 4.78 is 26.9. The van der Waals surface area contributed by atoms with Gasteiger partial charge < -0.3 is 15.6 Å². The number of aromatic amines is 1. The van der Waals surface area contributed by atoms with Crippen LogP contribution in [0.4, 0.5) is 25.0 Å². The fourth-order valence-corrected chi connectivity index (χ4v) is 2.84. The van der Waals surface area contributed by atoms with Crippen LogP contribution < -0.4 is 10.6 Å². The van der Waals surface area contributed by atoms with E-state index < -0.39 is 11.8 Å². The van der Waals surface area contributed by atoms with E-state index in [4.69, 9.17) is 0 Å². The summed E-state index contributed by atoms with van der Waals surface area (Å²) in [7, 11) is 0. The fraction of sp³-hybridized carbons (Fsp3) is 0. The number of hydrogen-bond donors (Lipinski definition) is 3. The maximum atomic E-state index is 13.6. The van der Waals surface area contributed by atoms with Gasteiger partial charge >= 0.3 is 6.03 Å². The molecule has 0 saturated carbocycles. The van der Waals surface area contributed by atoms with Crippen LogP contribution in [-0.4, -0.2) is 11.0 Å². The highest BCUT2D eigenvalue weighted by Gasteiger charge is 2.08. The minimum atomic E-state index is -0.533. The Kier molecular flexibility index (Phi) is 4.30. The van der Waals surface area contributed by atoms with Gasteiger partial charge in [-0.25, -0.2) is 13.6 Å². The van der Waals surface area contributed by atoms with Gasteiger partial charge in [-0.2, -0.15) is 0 Å². The van der Waals surface area contributed by atoms with Gasteiger partial charge in [-0.3, -0.25) is 0 Å². The zero-order valence-corrected chi connectivity index (χ0v) is 14.1. The number of nitrogens with one attached hydrogen (secondary N) is 3. The topological polar surface area (TPSA) is 56.9 Å². The maximum absolute atomic E-state index is 13.6. The molecule has 0 saturated heterocycles. The summed E-state index contributed by atoms with van der Waals surface area (Å²) in [4.78, 5) is 15.2. The second-order valence-electron chi connectivity index (χ2n) is 6.05. The largest absolute Gasteiger partial charge is 0.355 e. The van der Waals surface area contributed by atoms with Crippen LogP contribution >= 0.6 is 0 Å². The van der Waals surface area contributed by atoms with Crippen molar-refractivity contribution in [2.24, 2.45) is 0 Å². The maximum Gasteiger partial charge on any atom is 0.323 e. The second kappa shape index (κ2) is 6.92. The standard InChI is InChI=1S/C21H15F2N3O/c22-15-7-10-18-14(11-15)12-20(25-18)13-5-8-16(9-6-13)24-21(27)26-19-4-2-1-3-17(19)23/h1-12,25H,(H2,24,26,27). The molecule has 27 heavy (non-hydrogen) atoms. The molecule has 0 atom stereocenters. The van der Waals surface area contributed by atoms with Crippen molar-refractivity contribution in [3.8, 4) is 11.3 Å². The summed E-state index contributed by atoms with van der Waals surface area (Å²) in [5.41, 5.74) is 3.26. The summed E-state index contributed by atoms with van der Waals surface area (Å²) in [6.07, 6.45) is 0. The molecule has 0 spiro atoms. The van der Waals surface area contributed by atoms with Crippen molar-refractivity contribution < 1.29 is 13.6 Å². The highest BCUT2D eigenvalue weighted by atomic mass is 19.1. The average molecular weight is 363 g/mol. The van der Waals surface area contributed by atoms with Crippen molar-refractivity contribution in [3.63, 3.8) is 0 Å². The molecular formula is C21H15F2N3O. The summed E-state index contributed by atoms with van der Waals surface area (Å²) in [6.45, 7) is 0. The number of H-pyrrole nitrogens is 1. The minimum absolute atomic E-state index is 0.108. The Labute approximate surface area is 153 Å². The molecule has 0 bridgehead atoms. The Bertz CT molecular complexity index is 1120. The first kappa shape index (κ1) is 16.8. The predicted molar refractivity (Wildman–Crippen MR) is 103 cm³/mol. The van der Waals surface area contributed by atoms with Gasteiger partial charge in [0.2, 0.25) is 0 Å². The van der Waals surface area contributed by atoms with Gasteiger partial charge in [0, 0.05) is 22.3 Å². The molecular weight excluding hydrogens is 348 g/mol. The lowest BCUT2D eigenvalue weighted by Crippen LogP contribution is -2.20. The highest BCUT2D eigenvalue weighted by Crippen LogP contribution is 2.26. The molecule has 3 N–H and O–H groups in total. The van der Waals surface area contributed by atoms with E-state index >= 15 is 0 Å². The van der Waals surface area contributed by atoms with Crippen LogP contribution in [0.1, 0.15) is 0 Å². The molecule has 0 fully saturated rings. The van der Waals surface area contributed by atoms with Crippen molar-refractivity contribution >= 4 is 28.3 Å². The van der Waals surface area contributed by atoms with Gasteiger partial charge in [0.25, 0.3) is 0 Å². The van der Waals surface area contributed by atoms with E-state index in [1.807, 2.05) is 18.2 Å². The molecule has 2 amide bonds. The highest BCUT2D eigenvalue weighted by molar-refractivity contribution is 6.00. The Morgan fingerprint density at radius 3 is 2.41 bits per heavy atom. The normalized spacial score (nSPS) is 10.7. The number of para-hydroxylation sites is 1. The van der Waals surface area contributed by atoms with E-state index in [2.05, 4.69) is 15.6 Å². The lowest BCUT2D eigenvalue weighted by molar-refractivity contribution is 0.262. The Morgan fingerprint density at radius 2 is 1.63 bits per heavy atom.